The normalized spacial score (nSPS) is 10.0. The Hall–Kier alpha value is -1.29. The van der Waals surface area contributed by atoms with E-state index in [4.69, 9.17) is 5.84 Å². The van der Waals surface area contributed by atoms with Gasteiger partial charge in [0.15, 0.2) is 11.4 Å². The van der Waals surface area contributed by atoms with E-state index in [2.05, 4.69) is 5.10 Å². The maximum absolute atomic E-state index is 9.38. The van der Waals surface area contributed by atoms with Gasteiger partial charge in [-0.1, -0.05) is 0 Å². The van der Waals surface area contributed by atoms with Gasteiger partial charge in [0.2, 0.25) is 0 Å². The third-order valence-electron chi connectivity index (χ3n) is 1.83. The Morgan fingerprint density at radius 1 is 1.54 bits per heavy atom. The topological polar surface area (TPSA) is 62.5 Å². The second-order valence-electron chi connectivity index (χ2n) is 2.58. The van der Waals surface area contributed by atoms with Crippen LogP contribution in [0.5, 0.6) is 5.75 Å². The Morgan fingerprint density at radius 3 is 2.69 bits per heavy atom. The Bertz CT molecular complexity index is 325. The first-order valence-electron chi connectivity index (χ1n) is 3.58. The van der Waals surface area contributed by atoms with Crippen molar-refractivity contribution in [2.75, 3.05) is 0 Å². The molecule has 1 aromatic heterocycles. The van der Waals surface area contributed by atoms with Gasteiger partial charge in [0.05, 0.1) is 0 Å². The number of nitrogens with zero attached hydrogens (tertiary/aromatic N) is 2. The van der Waals surface area contributed by atoms with Crippen molar-refractivity contribution in [2.24, 2.45) is 18.0 Å². The summed E-state index contributed by atoms with van der Waals surface area (Å²) in [6, 6.07) is 3.44. The van der Waals surface area contributed by atoms with E-state index in [1.807, 2.05) is 24.6 Å². The Labute approximate surface area is 83.1 Å². The number of rotatable bonds is 1. The molecule has 0 bridgehead atoms. The van der Waals surface area contributed by atoms with Gasteiger partial charge >= 0.3 is 0 Å². The maximum Gasteiger partial charge on any atom is 0.267 e. The molecule has 4 nitrogen and oxygen atoms in total. The average molecular weight is 202 g/mol. The summed E-state index contributed by atoms with van der Waals surface area (Å²) in [6.45, 7) is 1.94. The highest BCUT2D eigenvalue weighted by atomic mass is 35.5. The highest BCUT2D eigenvalue weighted by molar-refractivity contribution is 5.78. The zero-order valence-corrected chi connectivity index (χ0v) is 8.28. The molecule has 0 unspecified atom stereocenters. The molecule has 0 aromatic carbocycles. The predicted molar refractivity (Wildman–Crippen MR) is 45.8 cm³/mol. The van der Waals surface area contributed by atoms with E-state index < -0.39 is 0 Å². The van der Waals surface area contributed by atoms with Gasteiger partial charge in [-0.3, -0.25) is 0 Å². The molecule has 0 saturated carbocycles. The second kappa shape index (κ2) is 4.67. The Balaban J connectivity index is 0.00000144. The molecule has 0 saturated heterocycles. The molecule has 0 aliphatic heterocycles. The molecule has 3 N–H and O–H groups in total. The minimum absolute atomic E-state index is 0. The second-order valence-corrected chi connectivity index (χ2v) is 2.58. The highest BCUT2D eigenvalue weighted by Gasteiger charge is 2.12. The Kier molecular flexibility index (Phi) is 4.20. The summed E-state index contributed by atoms with van der Waals surface area (Å²) >= 11 is 0. The number of hydrazone groups is 1. The lowest BCUT2D eigenvalue weighted by Crippen LogP contribution is -3.00. The summed E-state index contributed by atoms with van der Waals surface area (Å²) in [5, 5.41) is 12.7. The first-order chi connectivity index (χ1) is 5.66. The molecular formula is C8H12ClN3O. The standard InChI is InChI=1S/C8H11N3O.ClH/c1-6-3-4-8(12)7(5-10-9)11(6)2;/h3-5,9,12H,1-2H3;1H. The fourth-order valence-electron chi connectivity index (χ4n) is 0.982. The number of nitrogens with two attached hydrogens (primary N) is 1. The Morgan fingerprint density at radius 2 is 2.15 bits per heavy atom. The molecule has 1 aromatic rings. The van der Waals surface area contributed by atoms with Crippen molar-refractivity contribution < 1.29 is 22.1 Å². The van der Waals surface area contributed by atoms with Gasteiger partial charge in [-0.15, -0.1) is 0 Å². The molecule has 0 fully saturated rings. The molecule has 0 aliphatic rings. The average Bonchev–Trinajstić information content (AvgIpc) is 2.06. The van der Waals surface area contributed by atoms with Crippen LogP contribution in [0.4, 0.5) is 0 Å². The first kappa shape index (κ1) is 11.7. The fraction of sp³-hybridized carbons (Fsp3) is 0.250. The van der Waals surface area contributed by atoms with Crippen LogP contribution in [0.2, 0.25) is 0 Å². The van der Waals surface area contributed by atoms with Crippen LogP contribution in [0.1, 0.15) is 11.4 Å². The zero-order valence-electron chi connectivity index (χ0n) is 7.53. The third kappa shape index (κ3) is 2.32. The number of halogens is 1. The van der Waals surface area contributed by atoms with Crippen LogP contribution in [0.25, 0.3) is 0 Å². The van der Waals surface area contributed by atoms with Gasteiger partial charge in [-0.05, 0) is 6.07 Å². The number of aromatic hydroxyl groups is 1. The molecule has 5 heteroatoms. The molecule has 0 radical (unpaired) electrons. The van der Waals surface area contributed by atoms with Gasteiger partial charge in [0.1, 0.15) is 13.3 Å². The predicted octanol–water partition coefficient (Wildman–Crippen LogP) is -3.18. The molecule has 0 spiro atoms. The smallest absolute Gasteiger partial charge is 0.267 e. The van der Waals surface area contributed by atoms with E-state index in [1.54, 1.807) is 6.07 Å². The van der Waals surface area contributed by atoms with Crippen molar-refractivity contribution in [3.8, 4) is 5.75 Å². The van der Waals surface area contributed by atoms with E-state index in [9.17, 15) is 5.11 Å². The van der Waals surface area contributed by atoms with Crippen LogP contribution in [0.3, 0.4) is 0 Å². The van der Waals surface area contributed by atoms with Crippen LogP contribution < -0.4 is 22.8 Å². The molecule has 0 aliphatic carbocycles. The monoisotopic (exact) mass is 201 g/mol. The van der Waals surface area contributed by atoms with Crippen LogP contribution in [0, 0.1) is 6.92 Å². The number of hydrogen-bond acceptors (Lipinski definition) is 3. The summed E-state index contributed by atoms with van der Waals surface area (Å²) in [6.07, 6.45) is 1.42. The largest absolute Gasteiger partial charge is 1.00 e. The summed E-state index contributed by atoms with van der Waals surface area (Å²) in [5.41, 5.74) is 1.64. The van der Waals surface area contributed by atoms with Crippen molar-refractivity contribution in [3.63, 3.8) is 0 Å². The lowest BCUT2D eigenvalue weighted by Gasteiger charge is -1.98. The number of aromatic nitrogens is 1. The third-order valence-corrected chi connectivity index (χ3v) is 1.83. The highest BCUT2D eigenvalue weighted by Crippen LogP contribution is 2.09. The van der Waals surface area contributed by atoms with Crippen molar-refractivity contribution in [3.05, 3.63) is 23.5 Å². The lowest BCUT2D eigenvalue weighted by molar-refractivity contribution is -0.678. The number of aryl methyl sites for hydroxylation is 1. The minimum atomic E-state index is 0. The lowest BCUT2D eigenvalue weighted by atomic mass is 10.3. The number of pyridine rings is 1. The van der Waals surface area contributed by atoms with E-state index >= 15 is 0 Å². The fourth-order valence-corrected chi connectivity index (χ4v) is 0.982. The summed E-state index contributed by atoms with van der Waals surface area (Å²) < 4.78 is 1.81. The maximum atomic E-state index is 9.38. The molecule has 72 valence electrons. The van der Waals surface area contributed by atoms with E-state index in [1.165, 1.54) is 6.21 Å². The molecule has 0 atom stereocenters. The van der Waals surface area contributed by atoms with Crippen LogP contribution in [-0.4, -0.2) is 11.3 Å². The molecule has 1 heterocycles. The summed E-state index contributed by atoms with van der Waals surface area (Å²) in [5.74, 6) is 5.17. The summed E-state index contributed by atoms with van der Waals surface area (Å²) in [4.78, 5) is 0. The molecular weight excluding hydrogens is 190 g/mol. The van der Waals surface area contributed by atoms with Crippen molar-refractivity contribution in [1.29, 1.82) is 0 Å². The first-order valence-corrected chi connectivity index (χ1v) is 3.58. The van der Waals surface area contributed by atoms with E-state index in [-0.39, 0.29) is 18.2 Å². The minimum Gasteiger partial charge on any atom is -1.00 e. The molecule has 1 rings (SSSR count). The SMILES string of the molecule is Cc1ccc(O)c(/C=N/N)[n+]1C.[Cl-]. The van der Waals surface area contributed by atoms with Gasteiger partial charge in [0.25, 0.3) is 5.69 Å². The molecule has 0 amide bonds. The van der Waals surface area contributed by atoms with Crippen molar-refractivity contribution in [2.45, 2.75) is 6.92 Å². The quantitative estimate of drug-likeness (QED) is 0.218. The summed E-state index contributed by atoms with van der Waals surface area (Å²) in [7, 11) is 1.84. The van der Waals surface area contributed by atoms with Gasteiger partial charge in [-0.25, -0.2) is 0 Å². The molecule has 13 heavy (non-hydrogen) atoms. The number of hydrogen-bond donors (Lipinski definition) is 2. The van der Waals surface area contributed by atoms with Crippen LogP contribution in [0.15, 0.2) is 17.2 Å². The van der Waals surface area contributed by atoms with Gasteiger partial charge < -0.3 is 23.4 Å². The van der Waals surface area contributed by atoms with Gasteiger partial charge in [0, 0.05) is 13.0 Å². The zero-order chi connectivity index (χ0) is 9.14. The van der Waals surface area contributed by atoms with E-state index in [0.717, 1.165) is 5.69 Å². The van der Waals surface area contributed by atoms with E-state index in [0.29, 0.717) is 5.69 Å². The van der Waals surface area contributed by atoms with Crippen molar-refractivity contribution >= 4 is 6.21 Å². The van der Waals surface area contributed by atoms with Crippen LogP contribution >= 0.6 is 0 Å². The van der Waals surface area contributed by atoms with Crippen molar-refractivity contribution in [1.82, 2.24) is 0 Å². The van der Waals surface area contributed by atoms with Gasteiger partial charge in [-0.2, -0.15) is 9.67 Å². The van der Waals surface area contributed by atoms with Crippen LogP contribution in [-0.2, 0) is 7.05 Å².